The zero-order valence-corrected chi connectivity index (χ0v) is 16.2. The van der Waals surface area contributed by atoms with Crippen molar-refractivity contribution in [2.45, 2.75) is 39.0 Å². The second kappa shape index (κ2) is 8.23. The van der Waals surface area contributed by atoms with E-state index in [2.05, 4.69) is 10.2 Å². The van der Waals surface area contributed by atoms with Gasteiger partial charge in [-0.05, 0) is 55.7 Å². The van der Waals surface area contributed by atoms with Gasteiger partial charge in [-0.15, -0.1) is 0 Å². The lowest BCUT2D eigenvalue weighted by atomic mass is 10.1. The minimum Gasteiger partial charge on any atom is -0.343 e. The molecule has 2 rings (SSSR count). The van der Waals surface area contributed by atoms with E-state index in [1.54, 1.807) is 19.1 Å². The lowest BCUT2D eigenvalue weighted by Gasteiger charge is -2.14. The van der Waals surface area contributed by atoms with E-state index in [-0.39, 0.29) is 16.8 Å². The molecule has 6 nitrogen and oxygen atoms in total. The fraction of sp³-hybridized carbons (Fsp3) is 0.316. The number of aryl methyl sites for hydroxylation is 2. The lowest BCUT2D eigenvalue weighted by Crippen LogP contribution is -2.18. The molecule has 0 amide bonds. The van der Waals surface area contributed by atoms with Gasteiger partial charge in [0.25, 0.3) is 10.0 Å². The quantitative estimate of drug-likeness (QED) is 0.713. The van der Waals surface area contributed by atoms with Gasteiger partial charge in [-0.25, -0.2) is 18.7 Å². The van der Waals surface area contributed by atoms with E-state index in [1.165, 1.54) is 12.1 Å². The van der Waals surface area contributed by atoms with Crippen molar-refractivity contribution in [3.05, 3.63) is 53.6 Å². The monoisotopic (exact) mass is 376 g/mol. The summed E-state index contributed by atoms with van der Waals surface area (Å²) in [5, 5.41) is 0. The Hall–Kier alpha value is -2.54. The van der Waals surface area contributed by atoms with Crippen molar-refractivity contribution >= 4 is 27.4 Å². The van der Waals surface area contributed by atoms with Crippen LogP contribution in [0.3, 0.4) is 0 Å². The van der Waals surface area contributed by atoms with Crippen molar-refractivity contribution in [1.82, 2.24) is 0 Å². The summed E-state index contributed by atoms with van der Waals surface area (Å²) in [5.74, 6) is -0.565. The average molecular weight is 376 g/mol. The zero-order valence-electron chi connectivity index (χ0n) is 15.4. The fourth-order valence-electron chi connectivity index (χ4n) is 2.25. The Morgan fingerprint density at radius 3 is 2.19 bits per heavy atom. The second-order valence-electron chi connectivity index (χ2n) is 6.23. The summed E-state index contributed by atoms with van der Waals surface area (Å²) in [6, 6.07) is 11.6. The van der Waals surface area contributed by atoms with Crippen LogP contribution >= 0.6 is 0 Å². The van der Waals surface area contributed by atoms with Gasteiger partial charge in [-0.1, -0.05) is 32.0 Å². The first kappa shape index (κ1) is 19.8. The molecule has 0 saturated heterocycles. The van der Waals surface area contributed by atoms with Crippen LogP contribution in [-0.2, 0) is 19.7 Å². The van der Waals surface area contributed by atoms with Crippen LogP contribution in [0.1, 0.15) is 31.4 Å². The average Bonchev–Trinajstić information content (AvgIpc) is 2.62. The summed E-state index contributed by atoms with van der Waals surface area (Å²) in [6.45, 7) is 7.38. The van der Waals surface area contributed by atoms with Crippen molar-refractivity contribution in [3.63, 3.8) is 0 Å². The smallest absolute Gasteiger partial charge is 0.334 e. The number of carbonyl (C=O) groups excluding carboxylic acids is 1. The second-order valence-corrected chi connectivity index (χ2v) is 7.91. The number of hydrogen-bond donors (Lipinski definition) is 2. The van der Waals surface area contributed by atoms with E-state index in [9.17, 15) is 13.2 Å². The maximum atomic E-state index is 12.6. The molecule has 1 unspecified atom stereocenters. The zero-order chi connectivity index (χ0) is 19.3. The number of rotatable bonds is 7. The standard InChI is InChI=1S/C19H24N2O4S/c1-5-13(2)19(22)25-20-16-9-11-17(12-10-16)26(23,24)21-18-14(3)7-6-8-15(18)4/h6-13,20-21H,5H2,1-4H3. The maximum absolute atomic E-state index is 12.6. The van der Waals surface area contributed by atoms with E-state index in [0.29, 0.717) is 17.8 Å². The van der Waals surface area contributed by atoms with Crippen LogP contribution in [0.4, 0.5) is 11.4 Å². The molecule has 0 aliphatic carbocycles. The number of nitrogens with one attached hydrogen (secondary N) is 2. The third kappa shape index (κ3) is 4.76. The Morgan fingerprint density at radius 1 is 1.08 bits per heavy atom. The van der Waals surface area contributed by atoms with Gasteiger partial charge in [0.1, 0.15) is 0 Å². The van der Waals surface area contributed by atoms with Gasteiger partial charge in [0.2, 0.25) is 0 Å². The number of hydrogen-bond acceptors (Lipinski definition) is 5. The largest absolute Gasteiger partial charge is 0.343 e. The van der Waals surface area contributed by atoms with E-state index in [0.717, 1.165) is 11.1 Å². The SMILES string of the molecule is CCC(C)C(=O)ONc1ccc(S(=O)(=O)Nc2c(C)cccc2C)cc1. The van der Waals surface area contributed by atoms with E-state index in [1.807, 2.05) is 39.0 Å². The summed E-state index contributed by atoms with van der Waals surface area (Å²) in [4.78, 5) is 16.8. The molecule has 0 heterocycles. The molecule has 2 N–H and O–H groups in total. The molecule has 7 heteroatoms. The minimum absolute atomic E-state index is 0.124. The topological polar surface area (TPSA) is 84.5 Å². The highest BCUT2D eigenvalue weighted by Crippen LogP contribution is 2.24. The van der Waals surface area contributed by atoms with Gasteiger partial charge in [-0.2, -0.15) is 0 Å². The Labute approximate surface area is 154 Å². The Balaban J connectivity index is 2.10. The van der Waals surface area contributed by atoms with Gasteiger partial charge in [0.15, 0.2) is 0 Å². The van der Waals surface area contributed by atoms with E-state index >= 15 is 0 Å². The third-order valence-corrected chi connectivity index (χ3v) is 5.53. The molecular formula is C19H24N2O4S. The molecule has 0 aliphatic rings. The highest BCUT2D eigenvalue weighted by atomic mass is 32.2. The third-order valence-electron chi connectivity index (χ3n) is 4.17. The van der Waals surface area contributed by atoms with Gasteiger partial charge >= 0.3 is 5.97 Å². The first-order chi connectivity index (χ1) is 12.2. The molecule has 2 aromatic carbocycles. The van der Waals surface area contributed by atoms with Crippen molar-refractivity contribution in [2.24, 2.45) is 5.92 Å². The summed E-state index contributed by atoms with van der Waals surface area (Å²) < 4.78 is 27.8. The Morgan fingerprint density at radius 2 is 1.65 bits per heavy atom. The van der Waals surface area contributed by atoms with Crippen LogP contribution in [0, 0.1) is 19.8 Å². The highest BCUT2D eigenvalue weighted by Gasteiger charge is 2.17. The Kier molecular flexibility index (Phi) is 6.26. The van der Waals surface area contributed by atoms with Crippen LogP contribution < -0.4 is 10.2 Å². The van der Waals surface area contributed by atoms with Gasteiger partial charge < -0.3 is 4.84 Å². The summed E-state index contributed by atoms with van der Waals surface area (Å²) >= 11 is 0. The first-order valence-corrected chi connectivity index (χ1v) is 9.88. The van der Waals surface area contributed by atoms with Crippen LogP contribution in [0.2, 0.25) is 0 Å². The minimum atomic E-state index is -3.71. The molecule has 0 spiro atoms. The fourth-order valence-corrected chi connectivity index (χ4v) is 3.45. The first-order valence-electron chi connectivity index (χ1n) is 8.40. The molecule has 0 radical (unpaired) electrons. The molecule has 140 valence electrons. The lowest BCUT2D eigenvalue weighted by molar-refractivity contribution is -0.144. The molecule has 1 atom stereocenters. The predicted molar refractivity (Wildman–Crippen MR) is 102 cm³/mol. The van der Waals surface area contributed by atoms with Crippen LogP contribution in [0.15, 0.2) is 47.4 Å². The van der Waals surface area contributed by atoms with Crippen molar-refractivity contribution < 1.29 is 18.0 Å². The molecular weight excluding hydrogens is 352 g/mol. The molecule has 0 aromatic heterocycles. The molecule has 0 saturated carbocycles. The molecule has 0 fully saturated rings. The summed E-state index contributed by atoms with van der Waals surface area (Å²) in [6.07, 6.45) is 0.682. The summed E-state index contributed by atoms with van der Waals surface area (Å²) in [5.41, 5.74) is 5.32. The number of sulfonamides is 1. The van der Waals surface area contributed by atoms with Gasteiger partial charge in [0.05, 0.1) is 22.2 Å². The van der Waals surface area contributed by atoms with E-state index in [4.69, 9.17) is 4.84 Å². The van der Waals surface area contributed by atoms with Crippen LogP contribution in [-0.4, -0.2) is 14.4 Å². The van der Waals surface area contributed by atoms with Crippen molar-refractivity contribution in [2.75, 3.05) is 10.2 Å². The maximum Gasteiger partial charge on any atom is 0.334 e. The highest BCUT2D eigenvalue weighted by molar-refractivity contribution is 7.92. The normalized spacial score (nSPS) is 12.3. The Bertz CT molecular complexity index is 857. The summed E-state index contributed by atoms with van der Waals surface area (Å²) in [7, 11) is -3.71. The van der Waals surface area contributed by atoms with Crippen molar-refractivity contribution in [3.8, 4) is 0 Å². The molecule has 26 heavy (non-hydrogen) atoms. The van der Waals surface area contributed by atoms with Gasteiger partial charge in [0, 0.05) is 0 Å². The van der Waals surface area contributed by atoms with Crippen LogP contribution in [0.5, 0.6) is 0 Å². The number of anilines is 2. The van der Waals surface area contributed by atoms with Crippen LogP contribution in [0.25, 0.3) is 0 Å². The van der Waals surface area contributed by atoms with Crippen molar-refractivity contribution in [1.29, 1.82) is 0 Å². The predicted octanol–water partition coefficient (Wildman–Crippen LogP) is 4.02. The number of benzene rings is 2. The molecule has 0 aliphatic heterocycles. The number of para-hydroxylation sites is 1. The van der Waals surface area contributed by atoms with Gasteiger partial charge in [-0.3, -0.25) is 4.72 Å². The van der Waals surface area contributed by atoms with E-state index < -0.39 is 10.0 Å². The molecule has 0 bridgehead atoms. The number of carbonyl (C=O) groups is 1. The molecule has 2 aromatic rings.